The van der Waals surface area contributed by atoms with Crippen LogP contribution in [0.2, 0.25) is 0 Å². The van der Waals surface area contributed by atoms with Gasteiger partial charge in [-0.25, -0.2) is 0 Å². The number of nitrogens with zero attached hydrogens (tertiary/aromatic N) is 1. The maximum atomic E-state index is 10.7. The second-order valence-corrected chi connectivity index (χ2v) is 1.93. The average Bonchev–Trinajstić information content (AvgIpc) is 2.15. The van der Waals surface area contributed by atoms with Gasteiger partial charge in [-0.2, -0.15) is 0 Å². The maximum Gasteiger partial charge on any atom is 0.288 e. The van der Waals surface area contributed by atoms with Gasteiger partial charge in [-0.05, 0) is 13.0 Å². The molecular formula is C6H9NO2. The number of carbonyl (C=O) groups excluding carboxylic acids is 1. The van der Waals surface area contributed by atoms with Gasteiger partial charge >= 0.3 is 0 Å². The molecule has 0 spiro atoms. The molecule has 0 aliphatic carbocycles. The summed E-state index contributed by atoms with van der Waals surface area (Å²) in [6.07, 6.45) is 1.52. The first-order valence-corrected chi connectivity index (χ1v) is 2.94. The maximum absolute atomic E-state index is 10.7. The number of amides is 1. The van der Waals surface area contributed by atoms with E-state index in [1.54, 1.807) is 4.90 Å². The number of hydrogen-bond donors (Lipinski definition) is 1. The van der Waals surface area contributed by atoms with E-state index in [0.29, 0.717) is 13.1 Å². The standard InChI is InChI=1S/C6H9NO2/c1-2-7-4-3-5(8)6(7)9/h3,8H,2,4H2,1H3. The van der Waals surface area contributed by atoms with E-state index >= 15 is 0 Å². The highest BCUT2D eigenvalue weighted by Crippen LogP contribution is 2.06. The largest absolute Gasteiger partial charge is 0.503 e. The summed E-state index contributed by atoms with van der Waals surface area (Å²) in [6, 6.07) is 0. The van der Waals surface area contributed by atoms with Crippen LogP contribution >= 0.6 is 0 Å². The van der Waals surface area contributed by atoms with Crippen molar-refractivity contribution in [2.75, 3.05) is 13.1 Å². The van der Waals surface area contributed by atoms with E-state index in [2.05, 4.69) is 0 Å². The zero-order valence-corrected chi connectivity index (χ0v) is 5.29. The first kappa shape index (κ1) is 6.13. The van der Waals surface area contributed by atoms with Crippen molar-refractivity contribution in [3.63, 3.8) is 0 Å². The summed E-state index contributed by atoms with van der Waals surface area (Å²) in [6.45, 7) is 3.10. The van der Waals surface area contributed by atoms with Crippen molar-refractivity contribution >= 4 is 5.91 Å². The lowest BCUT2D eigenvalue weighted by atomic mass is 10.5. The molecule has 9 heavy (non-hydrogen) atoms. The molecule has 0 saturated heterocycles. The van der Waals surface area contributed by atoms with E-state index in [1.807, 2.05) is 6.92 Å². The Bertz CT molecular complexity index is 162. The monoisotopic (exact) mass is 127 g/mol. The molecule has 0 fully saturated rings. The molecule has 0 aromatic rings. The average molecular weight is 127 g/mol. The van der Waals surface area contributed by atoms with Crippen molar-refractivity contribution < 1.29 is 9.90 Å². The van der Waals surface area contributed by atoms with Crippen LogP contribution in [0.3, 0.4) is 0 Å². The number of likely N-dealkylation sites (N-methyl/N-ethyl adjacent to an activating group) is 1. The van der Waals surface area contributed by atoms with Gasteiger partial charge in [0.1, 0.15) is 0 Å². The molecule has 1 heterocycles. The number of carbonyl (C=O) groups is 1. The molecule has 0 atom stereocenters. The highest BCUT2D eigenvalue weighted by molar-refractivity contribution is 5.93. The molecule has 0 unspecified atom stereocenters. The lowest BCUT2D eigenvalue weighted by molar-refractivity contribution is -0.127. The SMILES string of the molecule is CCN1CC=C(O)C1=O. The Balaban J connectivity index is 2.62. The molecule has 1 aliphatic heterocycles. The fourth-order valence-electron chi connectivity index (χ4n) is 0.802. The van der Waals surface area contributed by atoms with Crippen LogP contribution in [0.4, 0.5) is 0 Å². The van der Waals surface area contributed by atoms with Gasteiger partial charge in [-0.15, -0.1) is 0 Å². The topological polar surface area (TPSA) is 40.5 Å². The number of aliphatic hydroxyl groups is 1. The summed E-state index contributed by atoms with van der Waals surface area (Å²) in [5.74, 6) is -0.366. The molecule has 0 saturated carbocycles. The normalized spacial score (nSPS) is 18.6. The van der Waals surface area contributed by atoms with Crippen molar-refractivity contribution in [1.82, 2.24) is 4.90 Å². The van der Waals surface area contributed by atoms with E-state index in [9.17, 15) is 4.79 Å². The third kappa shape index (κ3) is 0.896. The number of hydrogen-bond acceptors (Lipinski definition) is 2. The molecule has 50 valence electrons. The molecule has 3 heteroatoms. The van der Waals surface area contributed by atoms with Crippen LogP contribution in [0.5, 0.6) is 0 Å². The smallest absolute Gasteiger partial charge is 0.288 e. The van der Waals surface area contributed by atoms with Gasteiger partial charge in [0.2, 0.25) is 0 Å². The predicted octanol–water partition coefficient (Wildman–Crippen LogP) is 0.290. The van der Waals surface area contributed by atoms with Gasteiger partial charge < -0.3 is 10.0 Å². The van der Waals surface area contributed by atoms with Crippen molar-refractivity contribution in [2.24, 2.45) is 0 Å². The summed E-state index contributed by atoms with van der Waals surface area (Å²) < 4.78 is 0. The van der Waals surface area contributed by atoms with E-state index in [1.165, 1.54) is 6.08 Å². The highest BCUT2D eigenvalue weighted by Gasteiger charge is 2.20. The minimum atomic E-state index is -0.252. The fourth-order valence-corrected chi connectivity index (χ4v) is 0.802. The molecule has 1 amide bonds. The molecular weight excluding hydrogens is 118 g/mol. The van der Waals surface area contributed by atoms with Gasteiger partial charge in [-0.1, -0.05) is 0 Å². The molecule has 1 rings (SSSR count). The van der Waals surface area contributed by atoms with E-state index in [4.69, 9.17) is 5.11 Å². The Labute approximate surface area is 53.6 Å². The third-order valence-corrected chi connectivity index (χ3v) is 1.39. The second kappa shape index (κ2) is 2.09. The molecule has 0 radical (unpaired) electrons. The van der Waals surface area contributed by atoms with Crippen LogP contribution in [-0.2, 0) is 4.79 Å². The quantitative estimate of drug-likeness (QED) is 0.550. The van der Waals surface area contributed by atoms with Crippen molar-refractivity contribution in [2.45, 2.75) is 6.92 Å². The Morgan fingerprint density at radius 3 is 2.78 bits per heavy atom. The molecule has 1 aliphatic rings. The first-order valence-electron chi connectivity index (χ1n) is 2.94. The highest BCUT2D eigenvalue weighted by atomic mass is 16.3. The van der Waals surface area contributed by atoms with Crippen LogP contribution in [-0.4, -0.2) is 29.0 Å². The van der Waals surface area contributed by atoms with Crippen molar-refractivity contribution in [3.05, 3.63) is 11.8 Å². The van der Waals surface area contributed by atoms with E-state index < -0.39 is 0 Å². The lowest BCUT2D eigenvalue weighted by Crippen LogP contribution is -2.26. The number of aliphatic hydroxyl groups excluding tert-OH is 1. The Hall–Kier alpha value is -0.990. The number of rotatable bonds is 1. The molecule has 0 aromatic heterocycles. The Morgan fingerprint density at radius 1 is 1.89 bits per heavy atom. The molecule has 3 nitrogen and oxygen atoms in total. The zero-order chi connectivity index (χ0) is 6.85. The van der Waals surface area contributed by atoms with Crippen LogP contribution < -0.4 is 0 Å². The van der Waals surface area contributed by atoms with Gasteiger partial charge in [0.25, 0.3) is 5.91 Å². The lowest BCUT2D eigenvalue weighted by Gasteiger charge is -2.10. The van der Waals surface area contributed by atoms with Crippen LogP contribution in [0.15, 0.2) is 11.8 Å². The molecule has 1 N–H and O–H groups in total. The fraction of sp³-hybridized carbons (Fsp3) is 0.500. The summed E-state index contributed by atoms with van der Waals surface area (Å²) in [5.41, 5.74) is 0. The van der Waals surface area contributed by atoms with Crippen LogP contribution in [0, 0.1) is 0 Å². The summed E-state index contributed by atoms with van der Waals surface area (Å²) in [7, 11) is 0. The van der Waals surface area contributed by atoms with Crippen molar-refractivity contribution in [1.29, 1.82) is 0 Å². The summed E-state index contributed by atoms with van der Waals surface area (Å²) in [5, 5.41) is 8.77. The van der Waals surface area contributed by atoms with Crippen molar-refractivity contribution in [3.8, 4) is 0 Å². The summed E-state index contributed by atoms with van der Waals surface area (Å²) in [4.78, 5) is 12.3. The van der Waals surface area contributed by atoms with E-state index in [0.717, 1.165) is 0 Å². The Kier molecular flexibility index (Phi) is 1.42. The molecule has 0 aromatic carbocycles. The van der Waals surface area contributed by atoms with Gasteiger partial charge in [0.05, 0.1) is 0 Å². The molecule has 0 bridgehead atoms. The van der Waals surface area contributed by atoms with Crippen LogP contribution in [0.1, 0.15) is 6.92 Å². The second-order valence-electron chi connectivity index (χ2n) is 1.93. The minimum absolute atomic E-state index is 0.114. The third-order valence-electron chi connectivity index (χ3n) is 1.39. The van der Waals surface area contributed by atoms with E-state index in [-0.39, 0.29) is 11.7 Å². The van der Waals surface area contributed by atoms with Gasteiger partial charge in [0, 0.05) is 13.1 Å². The first-order chi connectivity index (χ1) is 4.25. The minimum Gasteiger partial charge on any atom is -0.503 e. The summed E-state index contributed by atoms with van der Waals surface area (Å²) >= 11 is 0. The van der Waals surface area contributed by atoms with Gasteiger partial charge in [0.15, 0.2) is 5.76 Å². The predicted molar refractivity (Wildman–Crippen MR) is 33.0 cm³/mol. The Morgan fingerprint density at radius 2 is 2.56 bits per heavy atom. The zero-order valence-electron chi connectivity index (χ0n) is 5.29. The van der Waals surface area contributed by atoms with Gasteiger partial charge in [-0.3, -0.25) is 4.79 Å². The van der Waals surface area contributed by atoms with Crippen LogP contribution in [0.25, 0.3) is 0 Å².